The normalized spacial score (nSPS) is 13.9. The summed E-state index contributed by atoms with van der Waals surface area (Å²) in [6, 6.07) is 18.2. The standard InChI is InChI=1S/C20H23N5S/c1-23(2)18-9-5-17(6-10-18)22-20(26)25-13-11-24(12-14-25)19-7-3-16(15-21)4-8-19/h3-10H,11-14H2,1-2H3,(H,22,26). The first-order chi connectivity index (χ1) is 12.6. The van der Waals surface area contributed by atoms with E-state index in [0.717, 1.165) is 48.4 Å². The van der Waals surface area contributed by atoms with Gasteiger partial charge in [-0.15, -0.1) is 0 Å². The minimum absolute atomic E-state index is 0.693. The lowest BCUT2D eigenvalue weighted by Gasteiger charge is -2.37. The number of hydrogen-bond acceptors (Lipinski definition) is 4. The van der Waals surface area contributed by atoms with E-state index in [4.69, 9.17) is 17.5 Å². The Morgan fingerprint density at radius 2 is 1.62 bits per heavy atom. The Bertz CT molecular complexity index is 784. The predicted molar refractivity (Wildman–Crippen MR) is 112 cm³/mol. The maximum Gasteiger partial charge on any atom is 0.173 e. The van der Waals surface area contributed by atoms with Gasteiger partial charge in [0.15, 0.2) is 5.11 Å². The van der Waals surface area contributed by atoms with Crippen molar-refractivity contribution in [3.63, 3.8) is 0 Å². The average Bonchev–Trinajstić information content (AvgIpc) is 2.68. The molecule has 0 bridgehead atoms. The summed E-state index contributed by atoms with van der Waals surface area (Å²) >= 11 is 5.58. The van der Waals surface area contributed by atoms with Gasteiger partial charge >= 0.3 is 0 Å². The van der Waals surface area contributed by atoms with Gasteiger partial charge in [-0.25, -0.2) is 0 Å². The second kappa shape index (κ2) is 8.07. The summed E-state index contributed by atoms with van der Waals surface area (Å²) < 4.78 is 0. The minimum Gasteiger partial charge on any atom is -0.378 e. The van der Waals surface area contributed by atoms with Crippen LogP contribution in [0.15, 0.2) is 48.5 Å². The zero-order valence-corrected chi connectivity index (χ0v) is 16.0. The predicted octanol–water partition coefficient (Wildman–Crippen LogP) is 3.14. The van der Waals surface area contributed by atoms with Crippen LogP contribution in [0.5, 0.6) is 0 Å². The number of nitrogens with zero attached hydrogens (tertiary/aromatic N) is 4. The lowest BCUT2D eigenvalue weighted by atomic mass is 10.2. The largest absolute Gasteiger partial charge is 0.378 e. The average molecular weight is 366 g/mol. The molecule has 0 unspecified atom stereocenters. The molecule has 0 atom stereocenters. The van der Waals surface area contributed by atoms with Crippen LogP contribution in [0.2, 0.25) is 0 Å². The second-order valence-electron chi connectivity index (χ2n) is 6.50. The van der Waals surface area contributed by atoms with E-state index in [-0.39, 0.29) is 0 Å². The molecule has 0 aromatic heterocycles. The van der Waals surface area contributed by atoms with E-state index in [9.17, 15) is 0 Å². The highest BCUT2D eigenvalue weighted by Crippen LogP contribution is 2.19. The number of hydrogen-bond donors (Lipinski definition) is 1. The molecule has 0 spiro atoms. The number of nitriles is 1. The lowest BCUT2D eigenvalue weighted by molar-refractivity contribution is 0.391. The molecule has 2 aromatic carbocycles. The summed E-state index contributed by atoms with van der Waals surface area (Å²) in [4.78, 5) is 6.60. The van der Waals surface area contributed by atoms with Crippen LogP contribution in [-0.2, 0) is 0 Å². The molecule has 5 nitrogen and oxygen atoms in total. The monoisotopic (exact) mass is 365 g/mol. The highest BCUT2D eigenvalue weighted by Gasteiger charge is 2.19. The third-order valence-corrected chi connectivity index (χ3v) is 4.92. The highest BCUT2D eigenvalue weighted by atomic mass is 32.1. The Morgan fingerprint density at radius 1 is 1.00 bits per heavy atom. The van der Waals surface area contributed by atoms with Crippen LogP contribution in [0.4, 0.5) is 17.1 Å². The fourth-order valence-corrected chi connectivity index (χ4v) is 3.26. The Balaban J connectivity index is 1.53. The molecule has 1 N–H and O–H groups in total. The van der Waals surface area contributed by atoms with Crippen LogP contribution in [0.25, 0.3) is 0 Å². The van der Waals surface area contributed by atoms with Crippen molar-refractivity contribution in [1.29, 1.82) is 5.26 Å². The fourth-order valence-electron chi connectivity index (χ4n) is 2.96. The molecule has 1 saturated heterocycles. The number of thiocarbonyl (C=S) groups is 1. The van der Waals surface area contributed by atoms with Crippen molar-refractivity contribution in [2.24, 2.45) is 0 Å². The summed E-state index contributed by atoms with van der Waals surface area (Å²) in [6.07, 6.45) is 0. The summed E-state index contributed by atoms with van der Waals surface area (Å²) in [5, 5.41) is 13.0. The van der Waals surface area contributed by atoms with Crippen molar-refractivity contribution in [3.05, 3.63) is 54.1 Å². The number of benzene rings is 2. The van der Waals surface area contributed by atoms with Crippen molar-refractivity contribution in [3.8, 4) is 6.07 Å². The van der Waals surface area contributed by atoms with Crippen LogP contribution < -0.4 is 15.1 Å². The molecule has 0 amide bonds. The van der Waals surface area contributed by atoms with E-state index in [2.05, 4.69) is 50.4 Å². The van der Waals surface area contributed by atoms with Crippen molar-refractivity contribution in [2.75, 3.05) is 55.4 Å². The lowest BCUT2D eigenvalue weighted by Crippen LogP contribution is -2.50. The molecule has 1 aliphatic rings. The van der Waals surface area contributed by atoms with Gasteiger partial charge in [-0.3, -0.25) is 0 Å². The summed E-state index contributed by atoms with van der Waals surface area (Å²) in [6.45, 7) is 3.57. The van der Waals surface area contributed by atoms with Crippen molar-refractivity contribution in [1.82, 2.24) is 4.90 Å². The molecule has 1 fully saturated rings. The van der Waals surface area contributed by atoms with Gasteiger partial charge in [0.2, 0.25) is 0 Å². The first kappa shape index (κ1) is 18.0. The van der Waals surface area contributed by atoms with Gasteiger partial charge in [-0.2, -0.15) is 5.26 Å². The smallest absolute Gasteiger partial charge is 0.173 e. The highest BCUT2D eigenvalue weighted by molar-refractivity contribution is 7.80. The van der Waals surface area contributed by atoms with Crippen molar-refractivity contribution < 1.29 is 0 Å². The quantitative estimate of drug-likeness (QED) is 0.843. The van der Waals surface area contributed by atoms with E-state index >= 15 is 0 Å². The molecule has 0 aliphatic carbocycles. The minimum atomic E-state index is 0.693. The Labute approximate surface area is 160 Å². The molecule has 0 radical (unpaired) electrons. The zero-order chi connectivity index (χ0) is 18.5. The molecule has 1 aliphatic heterocycles. The first-order valence-corrected chi connectivity index (χ1v) is 9.06. The molecular weight excluding hydrogens is 342 g/mol. The van der Waals surface area contributed by atoms with Crippen LogP contribution in [0, 0.1) is 11.3 Å². The van der Waals surface area contributed by atoms with Gasteiger partial charge in [0, 0.05) is 57.3 Å². The second-order valence-corrected chi connectivity index (χ2v) is 6.89. The van der Waals surface area contributed by atoms with E-state index in [1.54, 1.807) is 0 Å². The van der Waals surface area contributed by atoms with Gasteiger partial charge in [0.25, 0.3) is 0 Å². The zero-order valence-electron chi connectivity index (χ0n) is 15.1. The Kier molecular flexibility index (Phi) is 5.59. The molecule has 134 valence electrons. The third-order valence-electron chi connectivity index (χ3n) is 4.56. The van der Waals surface area contributed by atoms with Crippen LogP contribution in [0.3, 0.4) is 0 Å². The van der Waals surface area contributed by atoms with Gasteiger partial charge in [0.05, 0.1) is 11.6 Å². The number of rotatable bonds is 3. The molecule has 1 heterocycles. The number of piperazine rings is 1. The maximum absolute atomic E-state index is 8.90. The Morgan fingerprint density at radius 3 is 2.15 bits per heavy atom. The summed E-state index contributed by atoms with van der Waals surface area (Å²) in [7, 11) is 4.06. The van der Waals surface area contributed by atoms with Crippen LogP contribution in [0.1, 0.15) is 5.56 Å². The van der Waals surface area contributed by atoms with E-state index in [1.807, 2.05) is 38.4 Å². The fraction of sp³-hybridized carbons (Fsp3) is 0.300. The van der Waals surface area contributed by atoms with E-state index in [1.165, 1.54) is 0 Å². The SMILES string of the molecule is CN(C)c1ccc(NC(=S)N2CCN(c3ccc(C#N)cc3)CC2)cc1. The molecule has 2 aromatic rings. The maximum atomic E-state index is 8.90. The van der Waals surface area contributed by atoms with Crippen molar-refractivity contribution in [2.45, 2.75) is 0 Å². The Hall–Kier alpha value is -2.78. The molecule has 26 heavy (non-hydrogen) atoms. The van der Waals surface area contributed by atoms with E-state index in [0.29, 0.717) is 5.56 Å². The topological polar surface area (TPSA) is 45.5 Å². The van der Waals surface area contributed by atoms with Gasteiger partial charge in [-0.05, 0) is 60.7 Å². The summed E-state index contributed by atoms with van der Waals surface area (Å²) in [5.74, 6) is 0. The molecule has 3 rings (SSSR count). The number of anilines is 3. The van der Waals surface area contributed by atoms with E-state index < -0.39 is 0 Å². The van der Waals surface area contributed by atoms with Gasteiger partial charge in [-0.1, -0.05) is 0 Å². The first-order valence-electron chi connectivity index (χ1n) is 8.65. The summed E-state index contributed by atoms with van der Waals surface area (Å²) in [5.41, 5.74) is 4.02. The van der Waals surface area contributed by atoms with Crippen LogP contribution in [-0.4, -0.2) is 50.3 Å². The van der Waals surface area contributed by atoms with Gasteiger partial charge in [0.1, 0.15) is 0 Å². The van der Waals surface area contributed by atoms with Gasteiger partial charge < -0.3 is 20.0 Å². The third kappa shape index (κ3) is 4.24. The van der Waals surface area contributed by atoms with Crippen LogP contribution >= 0.6 is 12.2 Å². The molecule has 6 heteroatoms. The molecular formula is C20H23N5S. The number of nitrogens with one attached hydrogen (secondary N) is 1. The van der Waals surface area contributed by atoms with Crippen molar-refractivity contribution >= 4 is 34.4 Å². The molecule has 0 saturated carbocycles.